The lowest BCUT2D eigenvalue weighted by atomic mass is 10.0. The van der Waals surface area contributed by atoms with E-state index in [1.54, 1.807) is 31.4 Å². The Morgan fingerprint density at radius 3 is 2.67 bits per heavy atom. The second kappa shape index (κ2) is 8.35. The maximum absolute atomic E-state index is 12.0. The molecule has 0 aliphatic rings. The summed E-state index contributed by atoms with van der Waals surface area (Å²) in [7, 11) is 1.57. The van der Waals surface area contributed by atoms with E-state index in [1.165, 1.54) is 11.1 Å². The van der Waals surface area contributed by atoms with E-state index in [2.05, 4.69) is 41.5 Å². The van der Waals surface area contributed by atoms with Crippen molar-refractivity contribution < 1.29 is 18.7 Å². The molecule has 0 saturated carbocycles. The van der Waals surface area contributed by atoms with Crippen molar-refractivity contribution in [3.63, 3.8) is 0 Å². The summed E-state index contributed by atoms with van der Waals surface area (Å²) in [6.45, 7) is 3.94. The molecule has 0 unspecified atom stereocenters. The topological polar surface area (TPSA) is 86.5 Å². The van der Waals surface area contributed by atoms with Crippen molar-refractivity contribution in [3.05, 3.63) is 65.0 Å². The van der Waals surface area contributed by atoms with Crippen LogP contribution in [0.15, 0.2) is 46.9 Å². The Balaban J connectivity index is 1.53. The van der Waals surface area contributed by atoms with Gasteiger partial charge >= 0.3 is 6.01 Å². The van der Waals surface area contributed by atoms with Gasteiger partial charge in [0.05, 0.1) is 13.5 Å². The highest BCUT2D eigenvalue weighted by Gasteiger charge is 2.11. The molecule has 0 aliphatic carbocycles. The molecular formula is C20H21N3O4. The number of amides is 1. The summed E-state index contributed by atoms with van der Waals surface area (Å²) in [6, 6.07) is 13.2. The average Bonchev–Trinajstić information content (AvgIpc) is 3.10. The molecule has 3 aromatic rings. The number of rotatable bonds is 7. The van der Waals surface area contributed by atoms with Gasteiger partial charge in [-0.25, -0.2) is 0 Å². The molecule has 1 N–H and O–H groups in total. The molecule has 0 bridgehead atoms. The molecule has 1 aromatic heterocycles. The normalized spacial score (nSPS) is 10.5. The van der Waals surface area contributed by atoms with Crippen LogP contribution >= 0.6 is 0 Å². The summed E-state index contributed by atoms with van der Waals surface area (Å²) < 4.78 is 16.0. The smallest absolute Gasteiger partial charge is 0.322 e. The average molecular weight is 367 g/mol. The molecule has 3 rings (SSSR count). The van der Waals surface area contributed by atoms with Gasteiger partial charge in [0.2, 0.25) is 5.89 Å². The molecule has 7 nitrogen and oxygen atoms in total. The van der Waals surface area contributed by atoms with Crippen molar-refractivity contribution in [2.75, 3.05) is 19.0 Å². The predicted octanol–water partition coefficient (Wildman–Crippen LogP) is 3.30. The van der Waals surface area contributed by atoms with Crippen molar-refractivity contribution in [2.24, 2.45) is 0 Å². The number of aryl methyl sites for hydroxylation is 2. The molecule has 2 aromatic carbocycles. The van der Waals surface area contributed by atoms with E-state index >= 15 is 0 Å². The van der Waals surface area contributed by atoms with Crippen LogP contribution in [-0.4, -0.2) is 29.8 Å². The summed E-state index contributed by atoms with van der Waals surface area (Å²) in [5.41, 5.74) is 3.50. The maximum atomic E-state index is 12.0. The summed E-state index contributed by atoms with van der Waals surface area (Å²) in [4.78, 5) is 12.0. The number of hydrogen-bond acceptors (Lipinski definition) is 6. The fourth-order valence-corrected chi connectivity index (χ4v) is 2.46. The van der Waals surface area contributed by atoms with Crippen LogP contribution < -0.4 is 14.8 Å². The fourth-order valence-electron chi connectivity index (χ4n) is 2.46. The lowest BCUT2D eigenvalue weighted by Crippen LogP contribution is -2.20. The minimum absolute atomic E-state index is 0.0491. The number of benzene rings is 2. The third kappa shape index (κ3) is 5.07. The number of carbonyl (C=O) groups excluding carboxylic acids is 1. The Labute approximate surface area is 157 Å². The molecule has 0 spiro atoms. The van der Waals surface area contributed by atoms with Gasteiger partial charge in [0.1, 0.15) is 11.5 Å². The van der Waals surface area contributed by atoms with Crippen LogP contribution in [0.5, 0.6) is 11.5 Å². The Bertz CT molecular complexity index is 936. The number of aromatic nitrogens is 2. The third-order valence-corrected chi connectivity index (χ3v) is 4.05. The van der Waals surface area contributed by atoms with Crippen LogP contribution in [0.25, 0.3) is 0 Å². The van der Waals surface area contributed by atoms with Gasteiger partial charge in [-0.05, 0) is 42.7 Å². The SMILES string of the molecule is COc1cccc(OCC(=O)Nc2nnc(Cc3ccc(C)c(C)c3)o2)c1. The first kappa shape index (κ1) is 18.4. The van der Waals surface area contributed by atoms with E-state index in [0.717, 1.165) is 5.56 Å². The van der Waals surface area contributed by atoms with Gasteiger partial charge in [0.25, 0.3) is 5.91 Å². The van der Waals surface area contributed by atoms with Gasteiger partial charge in [-0.1, -0.05) is 29.4 Å². The second-order valence-electron chi connectivity index (χ2n) is 6.11. The summed E-state index contributed by atoms with van der Waals surface area (Å²) >= 11 is 0. The number of methoxy groups -OCH3 is 1. The van der Waals surface area contributed by atoms with Gasteiger partial charge in [0.15, 0.2) is 6.61 Å². The number of nitrogens with one attached hydrogen (secondary N) is 1. The molecular weight excluding hydrogens is 346 g/mol. The molecule has 0 aliphatic heterocycles. The summed E-state index contributed by atoms with van der Waals surface area (Å²) in [5.74, 6) is 1.23. The largest absolute Gasteiger partial charge is 0.497 e. The van der Waals surface area contributed by atoms with Crippen LogP contribution in [0.1, 0.15) is 22.6 Å². The highest BCUT2D eigenvalue weighted by atomic mass is 16.5. The fraction of sp³-hybridized carbons (Fsp3) is 0.250. The molecule has 0 saturated heterocycles. The van der Waals surface area contributed by atoms with Crippen molar-refractivity contribution in [2.45, 2.75) is 20.3 Å². The van der Waals surface area contributed by atoms with Gasteiger partial charge < -0.3 is 13.9 Å². The molecule has 27 heavy (non-hydrogen) atoms. The van der Waals surface area contributed by atoms with Crippen molar-refractivity contribution in [3.8, 4) is 11.5 Å². The van der Waals surface area contributed by atoms with Crippen molar-refractivity contribution >= 4 is 11.9 Å². The van der Waals surface area contributed by atoms with Crippen LogP contribution in [0.4, 0.5) is 6.01 Å². The Hall–Kier alpha value is -3.35. The van der Waals surface area contributed by atoms with Crippen LogP contribution in [0, 0.1) is 13.8 Å². The van der Waals surface area contributed by atoms with Gasteiger partial charge in [-0.15, -0.1) is 5.10 Å². The molecule has 1 heterocycles. The summed E-state index contributed by atoms with van der Waals surface area (Å²) in [5, 5.41) is 10.4. The quantitative estimate of drug-likeness (QED) is 0.689. The predicted molar refractivity (Wildman–Crippen MR) is 100 cm³/mol. The van der Waals surface area contributed by atoms with Crippen molar-refractivity contribution in [1.29, 1.82) is 0 Å². The minimum atomic E-state index is -0.390. The number of carbonyl (C=O) groups is 1. The van der Waals surface area contributed by atoms with E-state index < -0.39 is 0 Å². The first-order valence-electron chi connectivity index (χ1n) is 8.48. The summed E-state index contributed by atoms with van der Waals surface area (Å²) in [6.07, 6.45) is 0.504. The van der Waals surface area contributed by atoms with Gasteiger partial charge in [-0.3, -0.25) is 10.1 Å². The Morgan fingerprint density at radius 2 is 1.89 bits per heavy atom. The van der Waals surface area contributed by atoms with Gasteiger partial charge in [-0.2, -0.15) is 0 Å². The monoisotopic (exact) mass is 367 g/mol. The lowest BCUT2D eigenvalue weighted by molar-refractivity contribution is -0.118. The van der Waals surface area contributed by atoms with Crippen LogP contribution in [-0.2, 0) is 11.2 Å². The molecule has 0 radical (unpaired) electrons. The van der Waals surface area contributed by atoms with Crippen molar-refractivity contribution in [1.82, 2.24) is 10.2 Å². The van der Waals surface area contributed by atoms with E-state index in [4.69, 9.17) is 13.9 Å². The first-order chi connectivity index (χ1) is 13.0. The highest BCUT2D eigenvalue weighted by Crippen LogP contribution is 2.19. The lowest BCUT2D eigenvalue weighted by Gasteiger charge is -2.06. The van der Waals surface area contributed by atoms with E-state index in [9.17, 15) is 4.79 Å². The zero-order valence-corrected chi connectivity index (χ0v) is 15.5. The molecule has 140 valence electrons. The molecule has 0 atom stereocenters. The number of hydrogen-bond donors (Lipinski definition) is 1. The standard InChI is InChI=1S/C20H21N3O4/c1-13-7-8-15(9-14(13)2)10-19-22-23-20(27-19)21-18(24)12-26-17-6-4-5-16(11-17)25-3/h4-9,11H,10,12H2,1-3H3,(H,21,23,24). The van der Waals surface area contributed by atoms with Crippen LogP contribution in [0.3, 0.4) is 0 Å². The highest BCUT2D eigenvalue weighted by molar-refractivity contribution is 5.89. The van der Waals surface area contributed by atoms with E-state index in [1.807, 2.05) is 6.07 Å². The second-order valence-corrected chi connectivity index (χ2v) is 6.11. The number of ether oxygens (including phenoxy) is 2. The molecule has 7 heteroatoms. The van der Waals surface area contributed by atoms with Crippen LogP contribution in [0.2, 0.25) is 0 Å². The zero-order chi connectivity index (χ0) is 19.2. The zero-order valence-electron chi connectivity index (χ0n) is 15.5. The van der Waals surface area contributed by atoms with E-state index in [-0.39, 0.29) is 18.5 Å². The third-order valence-electron chi connectivity index (χ3n) is 4.05. The molecule has 0 fully saturated rings. The van der Waals surface area contributed by atoms with Gasteiger partial charge in [0, 0.05) is 6.07 Å². The number of anilines is 1. The Morgan fingerprint density at radius 1 is 1.07 bits per heavy atom. The Kier molecular flexibility index (Phi) is 5.71. The first-order valence-corrected chi connectivity index (χ1v) is 8.48. The van der Waals surface area contributed by atoms with E-state index in [0.29, 0.717) is 23.8 Å². The maximum Gasteiger partial charge on any atom is 0.322 e. The molecule has 1 amide bonds. The number of nitrogens with zero attached hydrogens (tertiary/aromatic N) is 2. The minimum Gasteiger partial charge on any atom is -0.497 e.